The zero-order chi connectivity index (χ0) is 15.3. The Hall–Kier alpha value is -1.75. The van der Waals surface area contributed by atoms with Crippen LogP contribution in [-0.2, 0) is 5.92 Å². The minimum Gasteiger partial charge on any atom is -0.494 e. The molecule has 0 aliphatic carbocycles. The third-order valence-corrected chi connectivity index (χ3v) is 4.07. The van der Waals surface area contributed by atoms with Gasteiger partial charge in [0.1, 0.15) is 5.75 Å². The number of benzene rings is 2. The Morgan fingerprint density at radius 3 is 2.52 bits per heavy atom. The fourth-order valence-corrected chi connectivity index (χ4v) is 2.77. The van der Waals surface area contributed by atoms with Crippen molar-refractivity contribution in [3.8, 4) is 5.75 Å². The summed E-state index contributed by atoms with van der Waals surface area (Å²) in [6.07, 6.45) is 0. The minimum absolute atomic E-state index is 0.0111. The molecule has 112 valence electrons. The van der Waals surface area contributed by atoms with Crippen LogP contribution in [0.2, 0.25) is 0 Å². The number of ether oxygens (including phenoxy) is 1. The molecule has 0 unspecified atom stereocenters. The summed E-state index contributed by atoms with van der Waals surface area (Å²) in [5.74, 6) is -2.63. The lowest BCUT2D eigenvalue weighted by Gasteiger charge is -2.17. The SMILES string of the molecule is CCOc1ccc(N)c(SCC(F)(F)c2ccccc2)c1. The van der Waals surface area contributed by atoms with E-state index in [9.17, 15) is 8.78 Å². The molecule has 0 fully saturated rings. The van der Waals surface area contributed by atoms with E-state index in [4.69, 9.17) is 10.5 Å². The topological polar surface area (TPSA) is 35.2 Å². The van der Waals surface area contributed by atoms with Crippen LogP contribution in [-0.4, -0.2) is 12.4 Å². The molecule has 2 aromatic rings. The molecule has 0 aliphatic heterocycles. The average Bonchev–Trinajstić information content (AvgIpc) is 2.49. The largest absolute Gasteiger partial charge is 0.494 e. The lowest BCUT2D eigenvalue weighted by atomic mass is 10.1. The molecule has 0 aliphatic rings. The van der Waals surface area contributed by atoms with E-state index in [-0.39, 0.29) is 11.3 Å². The molecule has 0 spiro atoms. The maximum Gasteiger partial charge on any atom is 0.282 e. The highest BCUT2D eigenvalue weighted by atomic mass is 32.2. The number of halogens is 2. The van der Waals surface area contributed by atoms with Crippen molar-refractivity contribution in [2.75, 3.05) is 18.1 Å². The van der Waals surface area contributed by atoms with Gasteiger partial charge in [-0.25, -0.2) is 8.78 Å². The molecule has 0 amide bonds. The number of alkyl halides is 2. The summed E-state index contributed by atoms with van der Waals surface area (Å²) in [5, 5.41) is 0. The van der Waals surface area contributed by atoms with Gasteiger partial charge >= 0.3 is 0 Å². The van der Waals surface area contributed by atoms with Crippen molar-refractivity contribution in [3.63, 3.8) is 0 Å². The van der Waals surface area contributed by atoms with E-state index in [1.807, 2.05) is 6.92 Å². The molecule has 5 heteroatoms. The predicted molar refractivity (Wildman–Crippen MR) is 83.1 cm³/mol. The van der Waals surface area contributed by atoms with Gasteiger partial charge in [0.05, 0.1) is 12.4 Å². The van der Waals surface area contributed by atoms with Crippen molar-refractivity contribution >= 4 is 17.4 Å². The number of anilines is 1. The van der Waals surface area contributed by atoms with E-state index >= 15 is 0 Å². The summed E-state index contributed by atoms with van der Waals surface area (Å²) in [6, 6.07) is 12.9. The van der Waals surface area contributed by atoms with Crippen molar-refractivity contribution in [2.45, 2.75) is 17.7 Å². The Balaban J connectivity index is 2.10. The Kier molecular flexibility index (Phi) is 5.07. The molecule has 0 heterocycles. The Bertz CT molecular complexity index is 590. The van der Waals surface area contributed by atoms with Crippen LogP contribution in [0.15, 0.2) is 53.4 Å². The van der Waals surface area contributed by atoms with Gasteiger partial charge in [0.2, 0.25) is 0 Å². The van der Waals surface area contributed by atoms with Crippen LogP contribution >= 0.6 is 11.8 Å². The number of thioether (sulfide) groups is 1. The van der Waals surface area contributed by atoms with Crippen LogP contribution in [0.5, 0.6) is 5.75 Å². The van der Waals surface area contributed by atoms with Crippen molar-refractivity contribution in [1.82, 2.24) is 0 Å². The number of hydrogen-bond donors (Lipinski definition) is 1. The zero-order valence-corrected chi connectivity index (χ0v) is 12.5. The van der Waals surface area contributed by atoms with Crippen LogP contribution < -0.4 is 10.5 Å². The summed E-state index contributed by atoms with van der Waals surface area (Å²) in [5.41, 5.74) is 6.32. The van der Waals surface area contributed by atoms with E-state index in [0.29, 0.717) is 22.9 Å². The van der Waals surface area contributed by atoms with Crippen LogP contribution in [0.25, 0.3) is 0 Å². The highest BCUT2D eigenvalue weighted by Gasteiger charge is 2.31. The van der Waals surface area contributed by atoms with Gasteiger partial charge in [0, 0.05) is 16.1 Å². The lowest BCUT2D eigenvalue weighted by molar-refractivity contribution is 0.0232. The molecule has 0 saturated carbocycles. The quantitative estimate of drug-likeness (QED) is 0.628. The Labute approximate surface area is 127 Å². The van der Waals surface area contributed by atoms with E-state index < -0.39 is 5.92 Å². The first-order valence-corrected chi connectivity index (χ1v) is 7.60. The summed E-state index contributed by atoms with van der Waals surface area (Å²) >= 11 is 1.03. The maximum absolute atomic E-state index is 14.1. The Morgan fingerprint density at radius 2 is 1.86 bits per heavy atom. The minimum atomic E-state index is -2.90. The van der Waals surface area contributed by atoms with Crippen LogP contribution in [0.1, 0.15) is 12.5 Å². The lowest BCUT2D eigenvalue weighted by Crippen LogP contribution is -2.16. The van der Waals surface area contributed by atoms with Gasteiger partial charge in [-0.15, -0.1) is 11.8 Å². The predicted octanol–water partition coefficient (Wildman–Crippen LogP) is 4.55. The Morgan fingerprint density at radius 1 is 1.14 bits per heavy atom. The van der Waals surface area contributed by atoms with E-state index in [0.717, 1.165) is 11.8 Å². The van der Waals surface area contributed by atoms with Crippen molar-refractivity contribution in [2.24, 2.45) is 0 Å². The molecular weight excluding hydrogens is 292 g/mol. The first-order valence-electron chi connectivity index (χ1n) is 6.61. The van der Waals surface area contributed by atoms with E-state index in [1.165, 1.54) is 12.1 Å². The monoisotopic (exact) mass is 309 g/mol. The molecule has 2 aromatic carbocycles. The third kappa shape index (κ3) is 4.11. The van der Waals surface area contributed by atoms with Crippen molar-refractivity contribution in [3.05, 3.63) is 54.1 Å². The van der Waals surface area contributed by atoms with Gasteiger partial charge < -0.3 is 10.5 Å². The van der Waals surface area contributed by atoms with Crippen molar-refractivity contribution < 1.29 is 13.5 Å². The number of nitrogens with two attached hydrogens (primary N) is 1. The number of nitrogen functional groups attached to an aromatic ring is 1. The van der Waals surface area contributed by atoms with E-state index in [2.05, 4.69) is 0 Å². The normalized spacial score (nSPS) is 11.4. The summed E-state index contributed by atoms with van der Waals surface area (Å²) < 4.78 is 33.6. The highest BCUT2D eigenvalue weighted by molar-refractivity contribution is 7.99. The first kappa shape index (κ1) is 15.6. The summed E-state index contributed by atoms with van der Waals surface area (Å²) in [7, 11) is 0. The molecule has 0 bridgehead atoms. The highest BCUT2D eigenvalue weighted by Crippen LogP contribution is 2.37. The summed E-state index contributed by atoms with van der Waals surface area (Å²) in [6.45, 7) is 2.39. The molecule has 2 rings (SSSR count). The fraction of sp³-hybridized carbons (Fsp3) is 0.250. The second kappa shape index (κ2) is 6.80. The van der Waals surface area contributed by atoms with Gasteiger partial charge in [-0.05, 0) is 25.1 Å². The van der Waals surface area contributed by atoms with Gasteiger partial charge in [-0.1, -0.05) is 30.3 Å². The fourth-order valence-electron chi connectivity index (χ4n) is 1.83. The van der Waals surface area contributed by atoms with Crippen LogP contribution in [0.3, 0.4) is 0 Å². The standard InChI is InChI=1S/C16H17F2NOS/c1-2-20-13-8-9-14(19)15(10-13)21-11-16(17,18)12-6-4-3-5-7-12/h3-10H,2,11,19H2,1H3. The molecule has 0 saturated heterocycles. The van der Waals surface area contributed by atoms with E-state index in [1.54, 1.807) is 36.4 Å². The van der Waals surface area contributed by atoms with Crippen LogP contribution in [0, 0.1) is 0 Å². The second-order valence-corrected chi connectivity index (χ2v) is 5.51. The van der Waals surface area contributed by atoms with Crippen LogP contribution in [0.4, 0.5) is 14.5 Å². The zero-order valence-electron chi connectivity index (χ0n) is 11.7. The van der Waals surface area contributed by atoms with Gasteiger partial charge in [0.15, 0.2) is 0 Å². The summed E-state index contributed by atoms with van der Waals surface area (Å²) in [4.78, 5) is 0.608. The molecule has 2 N–H and O–H groups in total. The van der Waals surface area contributed by atoms with Crippen molar-refractivity contribution in [1.29, 1.82) is 0 Å². The van der Waals surface area contributed by atoms with Gasteiger partial charge in [-0.3, -0.25) is 0 Å². The maximum atomic E-state index is 14.1. The van der Waals surface area contributed by atoms with Gasteiger partial charge in [-0.2, -0.15) is 0 Å². The third-order valence-electron chi connectivity index (χ3n) is 2.90. The van der Waals surface area contributed by atoms with Gasteiger partial charge in [0.25, 0.3) is 5.92 Å². The molecule has 0 atom stereocenters. The molecule has 0 aromatic heterocycles. The second-order valence-electron chi connectivity index (χ2n) is 4.49. The smallest absolute Gasteiger partial charge is 0.282 e. The first-order chi connectivity index (χ1) is 10.0. The number of rotatable bonds is 6. The number of hydrogen-bond acceptors (Lipinski definition) is 3. The molecular formula is C16H17F2NOS. The molecule has 21 heavy (non-hydrogen) atoms. The molecule has 0 radical (unpaired) electrons. The average molecular weight is 309 g/mol. The molecule has 2 nitrogen and oxygen atoms in total.